The maximum Gasteiger partial charge on any atom is 0.232 e. The van der Waals surface area contributed by atoms with Crippen LogP contribution in [0.2, 0.25) is 0 Å². The molecule has 0 aliphatic carbocycles. The van der Waals surface area contributed by atoms with Crippen molar-refractivity contribution in [1.82, 2.24) is 5.32 Å². The fourth-order valence-electron chi connectivity index (χ4n) is 0.713. The minimum atomic E-state index is -0.245. The molecule has 3 nitrogen and oxygen atoms in total. The molecule has 1 unspecified atom stereocenters. The summed E-state index contributed by atoms with van der Waals surface area (Å²) in [5, 5.41) is 2.47. The first-order valence-corrected chi connectivity index (χ1v) is 5.09. The highest BCUT2D eigenvalue weighted by Crippen LogP contribution is 1.92. The van der Waals surface area contributed by atoms with Gasteiger partial charge in [0.25, 0.3) is 0 Å². The first-order valence-electron chi connectivity index (χ1n) is 4.57. The molecule has 1 atom stereocenters. The summed E-state index contributed by atoms with van der Waals surface area (Å²) in [4.78, 5) is 11.0. The van der Waals surface area contributed by atoms with E-state index in [0.717, 1.165) is 6.61 Å². The standard InChI is InChI=1S/C9H19NO2S/c1-7(2)6-12-5-4-10-9(11)8(3)13/h7-8,13H,4-6H2,1-3H3,(H,10,11). The second-order valence-electron chi connectivity index (χ2n) is 3.44. The molecule has 0 aliphatic rings. The van der Waals surface area contributed by atoms with E-state index in [9.17, 15) is 4.79 Å². The van der Waals surface area contributed by atoms with Crippen LogP contribution in [0, 0.1) is 5.92 Å². The van der Waals surface area contributed by atoms with E-state index >= 15 is 0 Å². The summed E-state index contributed by atoms with van der Waals surface area (Å²) in [7, 11) is 0. The van der Waals surface area contributed by atoms with E-state index in [2.05, 4.69) is 31.8 Å². The Bertz CT molecular complexity index is 149. The Morgan fingerprint density at radius 1 is 1.46 bits per heavy atom. The molecule has 0 rings (SSSR count). The Labute approximate surface area is 85.6 Å². The summed E-state index contributed by atoms with van der Waals surface area (Å²) in [6, 6.07) is 0. The van der Waals surface area contributed by atoms with Crippen molar-refractivity contribution in [3.63, 3.8) is 0 Å². The summed E-state index contributed by atoms with van der Waals surface area (Å²) < 4.78 is 5.29. The van der Waals surface area contributed by atoms with E-state index in [1.807, 2.05) is 0 Å². The molecule has 4 heteroatoms. The van der Waals surface area contributed by atoms with Gasteiger partial charge in [0.2, 0.25) is 5.91 Å². The highest BCUT2D eigenvalue weighted by Gasteiger charge is 2.05. The molecule has 78 valence electrons. The first kappa shape index (κ1) is 12.8. The van der Waals surface area contributed by atoms with Crippen LogP contribution in [0.25, 0.3) is 0 Å². The second kappa shape index (κ2) is 7.21. The van der Waals surface area contributed by atoms with Crippen LogP contribution in [-0.2, 0) is 9.53 Å². The summed E-state index contributed by atoms with van der Waals surface area (Å²) in [6.45, 7) is 7.81. The summed E-state index contributed by atoms with van der Waals surface area (Å²) in [5.74, 6) is 0.496. The van der Waals surface area contributed by atoms with Gasteiger partial charge in [-0.2, -0.15) is 12.6 Å². The Hall–Kier alpha value is -0.220. The molecule has 0 aliphatic heterocycles. The summed E-state index contributed by atoms with van der Waals surface area (Å²) >= 11 is 4.00. The number of carbonyl (C=O) groups excluding carboxylic acids is 1. The number of hydrogen-bond acceptors (Lipinski definition) is 3. The predicted molar refractivity (Wildman–Crippen MR) is 57.1 cm³/mol. The molecule has 0 bridgehead atoms. The van der Waals surface area contributed by atoms with Gasteiger partial charge >= 0.3 is 0 Å². The lowest BCUT2D eigenvalue weighted by atomic mass is 10.2. The van der Waals surface area contributed by atoms with Gasteiger partial charge in [0.1, 0.15) is 0 Å². The third-order valence-electron chi connectivity index (χ3n) is 1.38. The zero-order valence-electron chi connectivity index (χ0n) is 8.54. The van der Waals surface area contributed by atoms with Gasteiger partial charge in [0, 0.05) is 13.2 Å². The van der Waals surface area contributed by atoms with Crippen LogP contribution in [0.15, 0.2) is 0 Å². The number of carbonyl (C=O) groups is 1. The molecule has 0 aromatic carbocycles. The Morgan fingerprint density at radius 3 is 2.54 bits per heavy atom. The molecular formula is C9H19NO2S. The molecule has 0 heterocycles. The predicted octanol–water partition coefficient (Wildman–Crippen LogP) is 1.09. The zero-order valence-corrected chi connectivity index (χ0v) is 9.43. The minimum Gasteiger partial charge on any atom is -0.379 e. The van der Waals surface area contributed by atoms with Crippen molar-refractivity contribution in [2.45, 2.75) is 26.0 Å². The number of rotatable bonds is 6. The Kier molecular flexibility index (Phi) is 7.09. The third kappa shape index (κ3) is 8.12. The van der Waals surface area contributed by atoms with Gasteiger partial charge in [-0.3, -0.25) is 4.79 Å². The topological polar surface area (TPSA) is 38.3 Å². The van der Waals surface area contributed by atoms with Crippen molar-refractivity contribution in [2.75, 3.05) is 19.8 Å². The number of hydrogen-bond donors (Lipinski definition) is 2. The van der Waals surface area contributed by atoms with Gasteiger partial charge in [-0.25, -0.2) is 0 Å². The van der Waals surface area contributed by atoms with Crippen molar-refractivity contribution in [3.8, 4) is 0 Å². The lowest BCUT2D eigenvalue weighted by Gasteiger charge is -2.08. The van der Waals surface area contributed by atoms with Crippen LogP contribution in [-0.4, -0.2) is 30.9 Å². The Morgan fingerprint density at radius 2 is 2.08 bits per heavy atom. The monoisotopic (exact) mass is 205 g/mol. The average molecular weight is 205 g/mol. The highest BCUT2D eigenvalue weighted by atomic mass is 32.1. The fourth-order valence-corrected chi connectivity index (χ4v) is 0.804. The van der Waals surface area contributed by atoms with E-state index in [4.69, 9.17) is 4.74 Å². The van der Waals surface area contributed by atoms with E-state index in [1.165, 1.54) is 0 Å². The highest BCUT2D eigenvalue weighted by molar-refractivity contribution is 7.81. The largest absolute Gasteiger partial charge is 0.379 e. The third-order valence-corrected chi connectivity index (χ3v) is 1.61. The van der Waals surface area contributed by atoms with Gasteiger partial charge in [-0.15, -0.1) is 0 Å². The van der Waals surface area contributed by atoms with Crippen LogP contribution in [0.1, 0.15) is 20.8 Å². The summed E-state index contributed by atoms with van der Waals surface area (Å²) in [5.41, 5.74) is 0. The maximum absolute atomic E-state index is 11.0. The fraction of sp³-hybridized carbons (Fsp3) is 0.889. The Balaban J connectivity index is 3.21. The molecule has 0 spiro atoms. The molecule has 0 aromatic rings. The normalized spacial score (nSPS) is 13.0. The maximum atomic E-state index is 11.0. The van der Waals surface area contributed by atoms with Crippen molar-refractivity contribution in [3.05, 3.63) is 0 Å². The molecule has 0 saturated heterocycles. The van der Waals surface area contributed by atoms with E-state index in [-0.39, 0.29) is 11.2 Å². The van der Waals surface area contributed by atoms with Crippen LogP contribution in [0.3, 0.4) is 0 Å². The number of amides is 1. The summed E-state index contributed by atoms with van der Waals surface area (Å²) in [6.07, 6.45) is 0. The molecule has 0 aromatic heterocycles. The molecule has 1 N–H and O–H groups in total. The smallest absolute Gasteiger partial charge is 0.232 e. The van der Waals surface area contributed by atoms with E-state index in [0.29, 0.717) is 19.1 Å². The van der Waals surface area contributed by atoms with Crippen molar-refractivity contribution >= 4 is 18.5 Å². The molecule has 1 amide bonds. The molecule has 0 fully saturated rings. The van der Waals surface area contributed by atoms with E-state index in [1.54, 1.807) is 6.92 Å². The van der Waals surface area contributed by atoms with Crippen LogP contribution < -0.4 is 5.32 Å². The molecule has 0 saturated carbocycles. The van der Waals surface area contributed by atoms with Gasteiger partial charge in [-0.05, 0) is 12.8 Å². The molecule has 0 radical (unpaired) electrons. The number of nitrogens with one attached hydrogen (secondary N) is 1. The first-order chi connectivity index (χ1) is 6.04. The zero-order chi connectivity index (χ0) is 10.3. The number of ether oxygens (including phenoxy) is 1. The average Bonchev–Trinajstić information content (AvgIpc) is 2.02. The lowest BCUT2D eigenvalue weighted by molar-refractivity contribution is -0.120. The van der Waals surface area contributed by atoms with Crippen molar-refractivity contribution in [1.29, 1.82) is 0 Å². The minimum absolute atomic E-state index is 0.0449. The SMILES string of the molecule is CC(C)COCCNC(=O)C(C)S. The van der Waals surface area contributed by atoms with Crippen LogP contribution in [0.5, 0.6) is 0 Å². The van der Waals surface area contributed by atoms with Crippen molar-refractivity contribution in [2.24, 2.45) is 5.92 Å². The molecular weight excluding hydrogens is 186 g/mol. The van der Waals surface area contributed by atoms with Crippen molar-refractivity contribution < 1.29 is 9.53 Å². The quantitative estimate of drug-likeness (QED) is 0.503. The van der Waals surface area contributed by atoms with Gasteiger partial charge in [0.15, 0.2) is 0 Å². The second-order valence-corrected chi connectivity index (χ2v) is 4.21. The molecule has 13 heavy (non-hydrogen) atoms. The van der Waals surface area contributed by atoms with Gasteiger partial charge < -0.3 is 10.1 Å². The van der Waals surface area contributed by atoms with Crippen LogP contribution >= 0.6 is 12.6 Å². The van der Waals surface area contributed by atoms with E-state index < -0.39 is 0 Å². The van der Waals surface area contributed by atoms with Gasteiger partial charge in [-0.1, -0.05) is 13.8 Å². The van der Waals surface area contributed by atoms with Gasteiger partial charge in [0.05, 0.1) is 11.9 Å². The number of thiol groups is 1. The lowest BCUT2D eigenvalue weighted by Crippen LogP contribution is -2.32. The van der Waals surface area contributed by atoms with Crippen LogP contribution in [0.4, 0.5) is 0 Å².